The first kappa shape index (κ1) is 30.4. The maximum Gasteiger partial charge on any atom is 0.413 e. The number of carbonyl (C=O) groups is 2. The Balaban J connectivity index is 1.44. The van der Waals surface area contributed by atoms with Crippen molar-refractivity contribution in [1.82, 2.24) is 25.5 Å². The van der Waals surface area contributed by atoms with E-state index in [2.05, 4.69) is 37.4 Å². The minimum Gasteiger partial charge on any atom is -0.494 e. The quantitative estimate of drug-likeness (QED) is 0.218. The zero-order valence-corrected chi connectivity index (χ0v) is 25.2. The Morgan fingerprint density at radius 2 is 1.88 bits per heavy atom. The summed E-state index contributed by atoms with van der Waals surface area (Å²) >= 11 is 6.18. The molecule has 0 unspecified atom stereocenters. The molecule has 0 aliphatic carbocycles. The summed E-state index contributed by atoms with van der Waals surface area (Å²) in [4.78, 5) is 33.8. The molecule has 0 fully saturated rings. The van der Waals surface area contributed by atoms with Gasteiger partial charge in [0, 0.05) is 29.4 Å². The monoisotopic (exact) mass is 592 g/mol. The Kier molecular flexibility index (Phi) is 9.11. The summed E-state index contributed by atoms with van der Waals surface area (Å²) in [6.07, 6.45) is 1.24. The van der Waals surface area contributed by atoms with Crippen LogP contribution in [-0.4, -0.2) is 44.4 Å². The number of aryl methyl sites for hydroxylation is 2. The highest BCUT2D eigenvalue weighted by Crippen LogP contribution is 2.28. The lowest BCUT2D eigenvalue weighted by atomic mass is 10.0. The number of nitrogens with one attached hydrogen (secondary N) is 2. The summed E-state index contributed by atoms with van der Waals surface area (Å²) in [6, 6.07) is 7.33. The molecule has 0 aliphatic rings. The van der Waals surface area contributed by atoms with E-state index in [0.29, 0.717) is 34.4 Å². The van der Waals surface area contributed by atoms with Crippen molar-refractivity contribution in [3.8, 4) is 0 Å². The van der Waals surface area contributed by atoms with E-state index in [0.717, 1.165) is 27.6 Å². The fourth-order valence-electron chi connectivity index (χ4n) is 4.28. The first-order valence-electron chi connectivity index (χ1n) is 13.3. The number of fused-ring (bicyclic) bond motifs is 1. The largest absolute Gasteiger partial charge is 0.494 e. The van der Waals surface area contributed by atoms with Crippen molar-refractivity contribution in [2.45, 2.75) is 60.1 Å². The van der Waals surface area contributed by atoms with Gasteiger partial charge in [-0.3, -0.25) is 15.1 Å². The molecular weight excluding hydrogens is 560 g/mol. The van der Waals surface area contributed by atoms with E-state index in [1.165, 1.54) is 0 Å². The molecule has 0 radical (unpaired) electrons. The summed E-state index contributed by atoms with van der Waals surface area (Å²) in [5, 5.41) is 14.7. The van der Waals surface area contributed by atoms with E-state index in [4.69, 9.17) is 25.5 Å². The Labute approximate surface area is 248 Å². The Bertz CT molecular complexity index is 1640. The lowest BCUT2D eigenvalue weighted by molar-refractivity contribution is 0.0635. The minimum atomic E-state index is -0.629. The van der Waals surface area contributed by atoms with Crippen LogP contribution in [0.4, 0.5) is 10.6 Å². The average Bonchev–Trinajstić information content (AvgIpc) is 3.35. The van der Waals surface area contributed by atoms with Crippen LogP contribution in [0.1, 0.15) is 72.2 Å². The number of pyridine rings is 2. The molecule has 0 aliphatic heterocycles. The fraction of sp³-hybridized carbons (Fsp3) is 0.333. The number of ether oxygens (including phenoxy) is 2. The molecule has 11 nitrogen and oxygen atoms in total. The highest BCUT2D eigenvalue weighted by atomic mass is 35.5. The molecule has 4 rings (SSSR count). The van der Waals surface area contributed by atoms with Crippen molar-refractivity contribution < 1.29 is 23.5 Å². The number of aromatic nitrogens is 4. The maximum atomic E-state index is 12.8. The number of amides is 2. The summed E-state index contributed by atoms with van der Waals surface area (Å²) < 4.78 is 16.6. The zero-order chi connectivity index (χ0) is 30.6. The number of nitrogens with zero attached hydrogens (tertiary/aromatic N) is 4. The molecule has 0 saturated carbocycles. The molecule has 42 heavy (non-hydrogen) atoms. The van der Waals surface area contributed by atoms with Crippen LogP contribution in [0.15, 0.2) is 41.5 Å². The van der Waals surface area contributed by atoms with Crippen LogP contribution in [0.3, 0.4) is 0 Å². The third kappa shape index (κ3) is 7.61. The normalized spacial score (nSPS) is 11.3. The van der Waals surface area contributed by atoms with E-state index in [1.807, 2.05) is 32.0 Å². The van der Waals surface area contributed by atoms with Crippen LogP contribution in [-0.2, 0) is 22.4 Å². The first-order valence-corrected chi connectivity index (χ1v) is 13.7. The number of hydrogen-bond acceptors (Lipinski definition) is 9. The Hall–Kier alpha value is -4.51. The van der Waals surface area contributed by atoms with Gasteiger partial charge in [0.25, 0.3) is 0 Å². The van der Waals surface area contributed by atoms with Crippen molar-refractivity contribution in [1.29, 1.82) is 0 Å². The number of halogens is 1. The molecule has 2 N–H and O–H groups in total. The van der Waals surface area contributed by atoms with Gasteiger partial charge in [0.05, 0.1) is 23.6 Å². The van der Waals surface area contributed by atoms with Crippen molar-refractivity contribution in [2.75, 3.05) is 11.9 Å². The lowest BCUT2D eigenvalue weighted by Crippen LogP contribution is -2.28. The molecule has 3 heterocycles. The van der Waals surface area contributed by atoms with Crippen molar-refractivity contribution in [3.63, 3.8) is 0 Å². The smallest absolute Gasteiger partial charge is 0.413 e. The van der Waals surface area contributed by atoms with Crippen LogP contribution >= 0.6 is 11.6 Å². The number of carbonyl (C=O) groups excluding carboxylic acids is 2. The van der Waals surface area contributed by atoms with Crippen LogP contribution in [0, 0.1) is 13.8 Å². The SMILES string of the molecule is C=C(OCC)c1cc(Cc2nnc(C(=O)NCc3c(C)cc(NC(=O)OC(C)(C)C)nc3C)o2)cc2cc(Cl)cnc12. The van der Waals surface area contributed by atoms with Crippen LogP contribution < -0.4 is 10.6 Å². The Morgan fingerprint density at radius 3 is 2.57 bits per heavy atom. The zero-order valence-electron chi connectivity index (χ0n) is 24.4. The summed E-state index contributed by atoms with van der Waals surface area (Å²) in [7, 11) is 0. The molecular formula is C30H33ClN6O5. The molecule has 4 aromatic rings. The minimum absolute atomic E-state index is 0.166. The highest BCUT2D eigenvalue weighted by molar-refractivity contribution is 6.31. The van der Waals surface area contributed by atoms with Crippen LogP contribution in [0.2, 0.25) is 5.02 Å². The second-order valence-electron chi connectivity index (χ2n) is 10.6. The standard InChI is InChI=1S/C30H33ClN6O5/c1-8-40-18(4)22-11-19(10-20-13-21(31)14-32-26(20)22)12-25-36-37-28(41-25)27(38)33-15-23-16(2)9-24(34-17(23)3)35-29(39)42-30(5,6)7/h9-11,13-14H,4,8,12,15H2,1-3,5-7H3,(H,33,38)(H,34,35,39). The number of hydrogen-bond donors (Lipinski definition) is 2. The third-order valence-corrected chi connectivity index (χ3v) is 6.26. The van der Waals surface area contributed by atoms with Crippen molar-refractivity contribution >= 4 is 46.1 Å². The molecule has 12 heteroatoms. The first-order chi connectivity index (χ1) is 19.8. The van der Waals surface area contributed by atoms with E-state index >= 15 is 0 Å². The van der Waals surface area contributed by atoms with Gasteiger partial charge in [-0.1, -0.05) is 18.2 Å². The maximum absolute atomic E-state index is 12.8. The summed E-state index contributed by atoms with van der Waals surface area (Å²) in [6.45, 7) is 15.5. The molecule has 3 aromatic heterocycles. The molecule has 2 amide bonds. The topological polar surface area (TPSA) is 141 Å². The molecule has 0 spiro atoms. The highest BCUT2D eigenvalue weighted by Gasteiger charge is 2.20. The Morgan fingerprint density at radius 1 is 1.12 bits per heavy atom. The van der Waals surface area contributed by atoms with Gasteiger partial charge in [-0.15, -0.1) is 10.2 Å². The number of anilines is 1. The molecule has 1 aromatic carbocycles. The second-order valence-corrected chi connectivity index (χ2v) is 11.0. The van der Waals surface area contributed by atoms with Gasteiger partial charge in [0.1, 0.15) is 17.2 Å². The van der Waals surface area contributed by atoms with Gasteiger partial charge < -0.3 is 19.2 Å². The summed E-state index contributed by atoms with van der Waals surface area (Å²) in [5.74, 6) is 0.410. The predicted molar refractivity (Wildman–Crippen MR) is 159 cm³/mol. The van der Waals surface area contributed by atoms with Gasteiger partial charge in [-0.05, 0) is 82.5 Å². The molecule has 220 valence electrons. The van der Waals surface area contributed by atoms with Crippen LogP contribution in [0.25, 0.3) is 16.7 Å². The van der Waals surface area contributed by atoms with Gasteiger partial charge in [-0.2, -0.15) is 0 Å². The van der Waals surface area contributed by atoms with Crippen molar-refractivity contribution in [2.24, 2.45) is 0 Å². The van der Waals surface area contributed by atoms with Gasteiger partial charge in [-0.25, -0.2) is 9.78 Å². The van der Waals surface area contributed by atoms with Gasteiger partial charge in [0.2, 0.25) is 5.89 Å². The number of benzene rings is 1. The molecule has 0 saturated heterocycles. The van der Waals surface area contributed by atoms with Gasteiger partial charge >= 0.3 is 17.9 Å². The summed E-state index contributed by atoms with van der Waals surface area (Å²) in [5.41, 5.74) is 3.90. The number of rotatable bonds is 9. The van der Waals surface area contributed by atoms with E-state index < -0.39 is 17.6 Å². The van der Waals surface area contributed by atoms with E-state index in [-0.39, 0.29) is 24.7 Å². The molecule has 0 atom stereocenters. The second kappa shape index (κ2) is 12.6. The van der Waals surface area contributed by atoms with E-state index in [1.54, 1.807) is 40.0 Å². The van der Waals surface area contributed by atoms with E-state index in [9.17, 15) is 9.59 Å². The lowest BCUT2D eigenvalue weighted by Gasteiger charge is -2.20. The average molecular weight is 593 g/mol. The fourth-order valence-corrected chi connectivity index (χ4v) is 4.45. The third-order valence-electron chi connectivity index (χ3n) is 6.05. The predicted octanol–water partition coefficient (Wildman–Crippen LogP) is 6.16. The van der Waals surface area contributed by atoms with Crippen molar-refractivity contribution in [3.05, 3.63) is 81.8 Å². The van der Waals surface area contributed by atoms with Gasteiger partial charge in [0.15, 0.2) is 0 Å². The molecule has 0 bridgehead atoms. The van der Waals surface area contributed by atoms with Crippen LogP contribution in [0.5, 0.6) is 0 Å².